The van der Waals surface area contributed by atoms with Crippen molar-refractivity contribution in [2.75, 3.05) is 26.3 Å². The van der Waals surface area contributed by atoms with Crippen molar-refractivity contribution in [3.05, 3.63) is 0 Å². The van der Waals surface area contributed by atoms with Gasteiger partial charge in [-0.1, -0.05) is 12.8 Å². The molecule has 120 valence electrons. The largest absolute Gasteiger partial charge is 0.378 e. The van der Waals surface area contributed by atoms with E-state index in [1.807, 2.05) is 11.8 Å². The molecule has 0 aromatic rings. The maximum absolute atomic E-state index is 12.4. The Hall–Kier alpha value is -0.610. The molecule has 21 heavy (non-hydrogen) atoms. The predicted octanol–water partition coefficient (Wildman–Crippen LogP) is 2.33. The van der Waals surface area contributed by atoms with Crippen LogP contribution in [-0.2, 0) is 9.53 Å². The van der Waals surface area contributed by atoms with Gasteiger partial charge in [-0.05, 0) is 50.9 Å². The molecule has 0 aromatic heterocycles. The minimum atomic E-state index is -0.0503. The second-order valence-corrected chi connectivity index (χ2v) is 7.31. The Kier molecular flexibility index (Phi) is 4.85. The topological polar surface area (TPSA) is 41.6 Å². The zero-order chi connectivity index (χ0) is 14.7. The van der Waals surface area contributed by atoms with Crippen LogP contribution < -0.4 is 5.32 Å². The molecule has 1 atom stereocenters. The fourth-order valence-corrected chi connectivity index (χ4v) is 4.50. The van der Waals surface area contributed by atoms with Gasteiger partial charge < -0.3 is 15.0 Å². The van der Waals surface area contributed by atoms with E-state index in [0.717, 1.165) is 13.1 Å². The molecule has 3 fully saturated rings. The van der Waals surface area contributed by atoms with Crippen LogP contribution in [-0.4, -0.2) is 49.2 Å². The lowest BCUT2D eigenvalue weighted by atomic mass is 9.71. The summed E-state index contributed by atoms with van der Waals surface area (Å²) in [7, 11) is 0. The van der Waals surface area contributed by atoms with Crippen molar-refractivity contribution < 1.29 is 9.53 Å². The number of carbonyl (C=O) groups is 1. The number of nitrogens with zero attached hydrogens (tertiary/aromatic N) is 1. The number of nitrogens with one attached hydrogen (secondary N) is 1. The molecule has 2 saturated carbocycles. The summed E-state index contributed by atoms with van der Waals surface area (Å²) in [5.41, 5.74) is 0.676. The van der Waals surface area contributed by atoms with Crippen LogP contribution in [0.4, 0.5) is 0 Å². The van der Waals surface area contributed by atoms with E-state index < -0.39 is 0 Å². The summed E-state index contributed by atoms with van der Waals surface area (Å²) in [6.45, 7) is 4.89. The molecule has 0 aromatic carbocycles. The smallest absolute Gasteiger partial charge is 0.239 e. The third-order valence-electron chi connectivity index (χ3n) is 5.89. The summed E-state index contributed by atoms with van der Waals surface area (Å²) in [6, 6.07) is 0.488. The van der Waals surface area contributed by atoms with E-state index in [1.54, 1.807) is 0 Å². The first-order chi connectivity index (χ1) is 10.2. The van der Waals surface area contributed by atoms with E-state index in [0.29, 0.717) is 24.7 Å². The lowest BCUT2D eigenvalue weighted by Gasteiger charge is -2.39. The van der Waals surface area contributed by atoms with Gasteiger partial charge in [-0.25, -0.2) is 0 Å². The highest BCUT2D eigenvalue weighted by atomic mass is 16.5. The molecule has 1 heterocycles. The molecule has 1 N–H and O–H groups in total. The van der Waals surface area contributed by atoms with Crippen molar-refractivity contribution in [3.8, 4) is 0 Å². The number of ether oxygens (including phenoxy) is 1. The first-order valence-corrected chi connectivity index (χ1v) is 8.81. The maximum Gasteiger partial charge on any atom is 0.239 e. The molecule has 1 spiro atoms. The molecule has 1 unspecified atom stereocenters. The summed E-state index contributed by atoms with van der Waals surface area (Å²) >= 11 is 0. The Labute approximate surface area is 128 Å². The van der Waals surface area contributed by atoms with Crippen LogP contribution in [0.2, 0.25) is 0 Å². The first-order valence-electron chi connectivity index (χ1n) is 8.81. The number of morpholine rings is 1. The fraction of sp³-hybridized carbons (Fsp3) is 0.941. The Bertz CT molecular complexity index is 350. The molecule has 1 aliphatic heterocycles. The van der Waals surface area contributed by atoms with Crippen LogP contribution in [0.1, 0.15) is 58.3 Å². The molecule has 4 nitrogen and oxygen atoms in total. The standard InChI is InChI=1S/C17H30N2O2/c1-14(16(20)19-10-12-21-13-11-19)18-15-4-8-17(9-5-15)6-2-3-7-17/h14-15,18H,2-13H2,1H3. The summed E-state index contributed by atoms with van der Waals surface area (Å²) in [4.78, 5) is 14.4. The molecule has 1 saturated heterocycles. The number of rotatable bonds is 3. The van der Waals surface area contributed by atoms with Crippen molar-refractivity contribution in [3.63, 3.8) is 0 Å². The van der Waals surface area contributed by atoms with Gasteiger partial charge in [0, 0.05) is 19.1 Å². The summed E-state index contributed by atoms with van der Waals surface area (Å²) < 4.78 is 5.32. The lowest BCUT2D eigenvalue weighted by molar-refractivity contribution is -0.137. The third-order valence-corrected chi connectivity index (χ3v) is 5.89. The molecule has 0 bridgehead atoms. The van der Waals surface area contributed by atoms with Crippen LogP contribution in [0.25, 0.3) is 0 Å². The molecule has 0 radical (unpaired) electrons. The monoisotopic (exact) mass is 294 g/mol. The number of hydrogen-bond acceptors (Lipinski definition) is 3. The second-order valence-electron chi connectivity index (χ2n) is 7.31. The summed E-state index contributed by atoms with van der Waals surface area (Å²) in [5.74, 6) is 0.249. The van der Waals surface area contributed by atoms with E-state index in [1.165, 1.54) is 51.4 Å². The van der Waals surface area contributed by atoms with Gasteiger partial charge in [-0.3, -0.25) is 4.79 Å². The number of carbonyl (C=O) groups excluding carboxylic acids is 1. The number of amides is 1. The fourth-order valence-electron chi connectivity index (χ4n) is 4.50. The molecular weight excluding hydrogens is 264 g/mol. The minimum absolute atomic E-state index is 0.0503. The van der Waals surface area contributed by atoms with Gasteiger partial charge in [-0.2, -0.15) is 0 Å². The first kappa shape index (κ1) is 15.3. The molecule has 4 heteroatoms. The molecule has 2 aliphatic carbocycles. The van der Waals surface area contributed by atoms with Crippen molar-refractivity contribution in [1.82, 2.24) is 10.2 Å². The van der Waals surface area contributed by atoms with Crippen molar-refractivity contribution >= 4 is 5.91 Å². The highest BCUT2D eigenvalue weighted by molar-refractivity contribution is 5.81. The lowest BCUT2D eigenvalue weighted by Crippen LogP contribution is -2.52. The quantitative estimate of drug-likeness (QED) is 0.868. The van der Waals surface area contributed by atoms with Crippen molar-refractivity contribution in [2.45, 2.75) is 70.4 Å². The second kappa shape index (κ2) is 6.66. The predicted molar refractivity (Wildman–Crippen MR) is 83.2 cm³/mol. The Balaban J connectivity index is 1.44. The van der Waals surface area contributed by atoms with Gasteiger partial charge in [0.15, 0.2) is 0 Å². The minimum Gasteiger partial charge on any atom is -0.378 e. The van der Waals surface area contributed by atoms with Gasteiger partial charge in [0.25, 0.3) is 0 Å². The molecule has 3 aliphatic rings. The highest BCUT2D eigenvalue weighted by Gasteiger charge is 2.38. The van der Waals surface area contributed by atoms with Crippen LogP contribution in [0.3, 0.4) is 0 Å². The van der Waals surface area contributed by atoms with E-state index in [9.17, 15) is 4.79 Å². The number of hydrogen-bond donors (Lipinski definition) is 1. The third kappa shape index (κ3) is 3.59. The Morgan fingerprint density at radius 3 is 2.38 bits per heavy atom. The van der Waals surface area contributed by atoms with E-state index in [-0.39, 0.29) is 11.9 Å². The highest BCUT2D eigenvalue weighted by Crippen LogP contribution is 2.48. The molecule has 3 rings (SSSR count). The van der Waals surface area contributed by atoms with Crippen LogP contribution in [0.15, 0.2) is 0 Å². The van der Waals surface area contributed by atoms with Gasteiger partial charge in [0.1, 0.15) is 0 Å². The summed E-state index contributed by atoms with van der Waals surface area (Å²) in [6.07, 6.45) is 11.0. The van der Waals surface area contributed by atoms with Crippen LogP contribution >= 0.6 is 0 Å². The SMILES string of the molecule is CC(NC1CCC2(CCCC2)CC1)C(=O)N1CCOCC1. The zero-order valence-corrected chi connectivity index (χ0v) is 13.4. The normalized spacial score (nSPS) is 28.0. The van der Waals surface area contributed by atoms with Gasteiger partial charge >= 0.3 is 0 Å². The zero-order valence-electron chi connectivity index (χ0n) is 13.4. The van der Waals surface area contributed by atoms with E-state index >= 15 is 0 Å². The average Bonchev–Trinajstić information content (AvgIpc) is 2.98. The molecule has 1 amide bonds. The van der Waals surface area contributed by atoms with Gasteiger partial charge in [0.2, 0.25) is 5.91 Å². The molecular formula is C17H30N2O2. The van der Waals surface area contributed by atoms with Crippen molar-refractivity contribution in [2.24, 2.45) is 5.41 Å². The van der Waals surface area contributed by atoms with Gasteiger partial charge in [-0.15, -0.1) is 0 Å². The van der Waals surface area contributed by atoms with Gasteiger partial charge in [0.05, 0.1) is 19.3 Å². The van der Waals surface area contributed by atoms with E-state index in [4.69, 9.17) is 4.74 Å². The van der Waals surface area contributed by atoms with Crippen molar-refractivity contribution in [1.29, 1.82) is 0 Å². The van der Waals surface area contributed by atoms with Crippen LogP contribution in [0, 0.1) is 5.41 Å². The Morgan fingerprint density at radius 1 is 1.14 bits per heavy atom. The average molecular weight is 294 g/mol. The Morgan fingerprint density at radius 2 is 1.76 bits per heavy atom. The van der Waals surface area contributed by atoms with E-state index in [2.05, 4.69) is 5.32 Å². The summed E-state index contributed by atoms with van der Waals surface area (Å²) in [5, 5.41) is 3.59. The maximum atomic E-state index is 12.4. The van der Waals surface area contributed by atoms with Crippen LogP contribution in [0.5, 0.6) is 0 Å².